The van der Waals surface area contributed by atoms with E-state index in [2.05, 4.69) is 14.5 Å². The smallest absolute Gasteiger partial charge is 0.464 e. The van der Waals surface area contributed by atoms with Crippen LogP contribution in [0.3, 0.4) is 0 Å². The van der Waals surface area contributed by atoms with E-state index in [1.54, 1.807) is 12.1 Å². The van der Waals surface area contributed by atoms with Crippen molar-refractivity contribution in [1.29, 1.82) is 0 Å². The maximum Gasteiger partial charge on any atom is 0.573 e. The third-order valence-electron chi connectivity index (χ3n) is 2.64. The molecule has 1 aromatic carbocycles. The first kappa shape index (κ1) is 16.5. The number of ether oxygens (including phenoxy) is 2. The molecule has 2 rings (SSSR count). The second-order valence-corrected chi connectivity index (χ2v) is 5.25. The van der Waals surface area contributed by atoms with Gasteiger partial charge in [-0.05, 0) is 34.7 Å². The van der Waals surface area contributed by atoms with Crippen LogP contribution in [-0.4, -0.2) is 24.4 Å². The number of nitrogens with zero attached hydrogens (tertiary/aromatic N) is 1. The van der Waals surface area contributed by atoms with Gasteiger partial charge in [-0.15, -0.1) is 13.2 Å². The third kappa shape index (κ3) is 3.87. The van der Waals surface area contributed by atoms with Gasteiger partial charge in [0, 0.05) is 20.9 Å². The lowest BCUT2D eigenvalue weighted by Crippen LogP contribution is -2.17. The van der Waals surface area contributed by atoms with Gasteiger partial charge in [-0.1, -0.05) is 18.2 Å². The Hall–Kier alpha value is -1.84. The molecule has 8 heteroatoms. The average molecular weight is 423 g/mol. The first-order valence-electron chi connectivity index (χ1n) is 5.91. The van der Waals surface area contributed by atoms with Crippen molar-refractivity contribution in [3.05, 3.63) is 45.8 Å². The summed E-state index contributed by atoms with van der Waals surface area (Å²) in [6.07, 6.45) is -3.49. The molecule has 0 radical (unpaired) electrons. The molecule has 22 heavy (non-hydrogen) atoms. The number of rotatable bonds is 3. The van der Waals surface area contributed by atoms with Gasteiger partial charge in [0.25, 0.3) is 0 Å². The summed E-state index contributed by atoms with van der Waals surface area (Å²) < 4.78 is 46.3. The number of carbonyl (C=O) groups excluding carboxylic acids is 1. The molecule has 0 amide bonds. The molecule has 0 N–H and O–H groups in total. The zero-order valence-corrected chi connectivity index (χ0v) is 13.3. The van der Waals surface area contributed by atoms with Gasteiger partial charge in [-0.3, -0.25) is 0 Å². The Labute approximate surface area is 137 Å². The lowest BCUT2D eigenvalue weighted by Gasteiger charge is -2.13. The van der Waals surface area contributed by atoms with Crippen molar-refractivity contribution in [1.82, 2.24) is 4.98 Å². The van der Waals surface area contributed by atoms with E-state index in [0.29, 0.717) is 9.13 Å². The van der Waals surface area contributed by atoms with E-state index in [1.807, 2.05) is 22.6 Å². The number of esters is 1. The van der Waals surface area contributed by atoms with Crippen LogP contribution in [0.5, 0.6) is 5.75 Å². The van der Waals surface area contributed by atoms with Crippen LogP contribution in [0.25, 0.3) is 11.1 Å². The van der Waals surface area contributed by atoms with Crippen LogP contribution in [0.1, 0.15) is 10.5 Å². The number of halogens is 4. The Morgan fingerprint density at radius 1 is 1.27 bits per heavy atom. The largest absolute Gasteiger partial charge is 0.573 e. The first-order valence-corrected chi connectivity index (χ1v) is 6.98. The number of aromatic nitrogens is 1. The van der Waals surface area contributed by atoms with Crippen LogP contribution < -0.4 is 4.74 Å². The van der Waals surface area contributed by atoms with Crippen molar-refractivity contribution in [3.63, 3.8) is 0 Å². The van der Waals surface area contributed by atoms with Gasteiger partial charge in [0.15, 0.2) is 5.69 Å². The topological polar surface area (TPSA) is 48.4 Å². The summed E-state index contributed by atoms with van der Waals surface area (Å²) in [7, 11) is 1.22. The molecule has 1 heterocycles. The maximum atomic E-state index is 12.4. The number of benzene rings is 1. The molecular formula is C14H9F3INO3. The fourth-order valence-corrected chi connectivity index (χ4v) is 2.45. The highest BCUT2D eigenvalue weighted by Gasteiger charge is 2.32. The summed E-state index contributed by atoms with van der Waals surface area (Å²) in [6, 6.07) is 7.25. The Morgan fingerprint density at radius 2 is 1.95 bits per heavy atom. The van der Waals surface area contributed by atoms with Crippen molar-refractivity contribution < 1.29 is 27.4 Å². The molecule has 0 atom stereocenters. The fourth-order valence-electron chi connectivity index (χ4n) is 1.75. The molecule has 0 aliphatic heterocycles. The van der Waals surface area contributed by atoms with Gasteiger partial charge in [0.1, 0.15) is 5.75 Å². The van der Waals surface area contributed by atoms with Crippen molar-refractivity contribution >= 4 is 28.6 Å². The van der Waals surface area contributed by atoms with Gasteiger partial charge >= 0.3 is 12.3 Å². The minimum atomic E-state index is -4.79. The highest BCUT2D eigenvalue weighted by atomic mass is 127. The molecule has 4 nitrogen and oxygen atoms in total. The maximum absolute atomic E-state index is 12.4. The SMILES string of the molecule is COC(=O)c1ncc(-c2ccccc2OC(F)(F)F)cc1I. The highest BCUT2D eigenvalue weighted by Crippen LogP contribution is 2.34. The van der Waals surface area contributed by atoms with E-state index in [0.717, 1.165) is 0 Å². The minimum absolute atomic E-state index is 0.0982. The summed E-state index contributed by atoms with van der Waals surface area (Å²) in [5, 5.41) is 0. The van der Waals surface area contributed by atoms with Crippen LogP contribution in [-0.2, 0) is 4.74 Å². The van der Waals surface area contributed by atoms with Gasteiger partial charge in [0.2, 0.25) is 0 Å². The molecule has 0 aliphatic rings. The van der Waals surface area contributed by atoms with Gasteiger partial charge in [-0.2, -0.15) is 0 Å². The highest BCUT2D eigenvalue weighted by molar-refractivity contribution is 14.1. The number of pyridine rings is 1. The van der Waals surface area contributed by atoms with E-state index in [9.17, 15) is 18.0 Å². The van der Waals surface area contributed by atoms with Gasteiger partial charge < -0.3 is 9.47 Å². The average Bonchev–Trinajstić information content (AvgIpc) is 2.45. The second kappa shape index (κ2) is 6.51. The summed E-state index contributed by atoms with van der Waals surface area (Å²) in [6.45, 7) is 0. The van der Waals surface area contributed by atoms with E-state index in [1.165, 1.54) is 31.5 Å². The monoisotopic (exact) mass is 423 g/mol. The van der Waals surface area contributed by atoms with Crippen molar-refractivity contribution in [2.24, 2.45) is 0 Å². The van der Waals surface area contributed by atoms with Crippen LogP contribution in [0.2, 0.25) is 0 Å². The molecule has 0 saturated heterocycles. The normalized spacial score (nSPS) is 11.1. The van der Waals surface area contributed by atoms with Gasteiger partial charge in [-0.25, -0.2) is 9.78 Å². The number of carbonyl (C=O) groups is 1. The molecular weight excluding hydrogens is 414 g/mol. The fraction of sp³-hybridized carbons (Fsp3) is 0.143. The molecule has 2 aromatic rings. The Kier molecular flexibility index (Phi) is 4.89. The zero-order valence-electron chi connectivity index (χ0n) is 11.1. The van der Waals surface area contributed by atoms with Crippen LogP contribution in [0.4, 0.5) is 13.2 Å². The number of alkyl halides is 3. The van der Waals surface area contributed by atoms with Crippen LogP contribution in [0.15, 0.2) is 36.5 Å². The summed E-state index contributed by atoms with van der Waals surface area (Å²) in [5.41, 5.74) is 0.722. The zero-order chi connectivity index (χ0) is 16.3. The van der Waals surface area contributed by atoms with E-state index in [4.69, 9.17) is 0 Å². The summed E-state index contributed by atoms with van der Waals surface area (Å²) in [4.78, 5) is 15.4. The van der Waals surface area contributed by atoms with E-state index in [-0.39, 0.29) is 17.0 Å². The van der Waals surface area contributed by atoms with Gasteiger partial charge in [0.05, 0.1) is 7.11 Å². The second-order valence-electron chi connectivity index (χ2n) is 4.09. The number of para-hydroxylation sites is 1. The quantitative estimate of drug-likeness (QED) is 0.553. The lowest BCUT2D eigenvalue weighted by atomic mass is 10.1. The summed E-state index contributed by atoms with van der Waals surface area (Å²) in [5.74, 6) is -0.950. The first-order chi connectivity index (χ1) is 10.3. The van der Waals surface area contributed by atoms with E-state index >= 15 is 0 Å². The molecule has 1 aromatic heterocycles. The van der Waals surface area contributed by atoms with Crippen molar-refractivity contribution in [3.8, 4) is 16.9 Å². The Bertz CT molecular complexity index is 704. The molecule has 0 spiro atoms. The third-order valence-corrected chi connectivity index (χ3v) is 3.47. The number of hydrogen-bond acceptors (Lipinski definition) is 4. The Morgan fingerprint density at radius 3 is 2.55 bits per heavy atom. The molecule has 0 fully saturated rings. The molecule has 0 bridgehead atoms. The minimum Gasteiger partial charge on any atom is -0.464 e. The van der Waals surface area contributed by atoms with Crippen LogP contribution in [0, 0.1) is 3.57 Å². The van der Waals surface area contributed by atoms with E-state index < -0.39 is 12.3 Å². The number of hydrogen-bond donors (Lipinski definition) is 0. The lowest BCUT2D eigenvalue weighted by molar-refractivity contribution is -0.274. The van der Waals surface area contributed by atoms with Crippen LogP contribution >= 0.6 is 22.6 Å². The molecule has 0 unspecified atom stereocenters. The van der Waals surface area contributed by atoms with Crippen molar-refractivity contribution in [2.45, 2.75) is 6.36 Å². The standard InChI is InChI=1S/C14H9F3INO3/c1-21-13(20)12-10(18)6-8(7-19-12)9-4-2-3-5-11(9)22-14(15,16)17/h2-7H,1H3. The molecule has 116 valence electrons. The molecule has 0 aliphatic carbocycles. The predicted molar refractivity (Wildman–Crippen MR) is 80.4 cm³/mol. The number of methoxy groups -OCH3 is 1. The van der Waals surface area contributed by atoms with Crippen molar-refractivity contribution in [2.75, 3.05) is 7.11 Å². The molecule has 0 saturated carbocycles. The summed E-state index contributed by atoms with van der Waals surface area (Å²) >= 11 is 1.86. The Balaban J connectivity index is 2.45. The predicted octanol–water partition coefficient (Wildman–Crippen LogP) is 4.04.